The van der Waals surface area contributed by atoms with Crippen LogP contribution in [0.4, 0.5) is 0 Å². The molecule has 0 spiro atoms. The van der Waals surface area contributed by atoms with Gasteiger partial charge in [-0.15, -0.1) is 6.58 Å². The van der Waals surface area contributed by atoms with E-state index in [0.717, 1.165) is 32.0 Å². The molecule has 1 aliphatic rings. The van der Waals surface area contributed by atoms with E-state index in [1.807, 2.05) is 24.1 Å². The van der Waals surface area contributed by atoms with Crippen LogP contribution < -0.4 is 0 Å². The van der Waals surface area contributed by atoms with Crippen LogP contribution in [0.2, 0.25) is 0 Å². The smallest absolute Gasteiger partial charge is 0.236 e. The number of rotatable bonds is 9. The van der Waals surface area contributed by atoms with E-state index in [1.54, 1.807) is 0 Å². The molecule has 0 atom stereocenters. The molecular formula is C18H26N2O. The predicted molar refractivity (Wildman–Crippen MR) is 87.1 cm³/mol. The molecule has 0 aromatic heterocycles. The minimum absolute atomic E-state index is 0.219. The van der Waals surface area contributed by atoms with Crippen molar-refractivity contribution in [2.75, 3.05) is 33.2 Å². The van der Waals surface area contributed by atoms with E-state index < -0.39 is 0 Å². The van der Waals surface area contributed by atoms with Crippen LogP contribution in [0.3, 0.4) is 0 Å². The second kappa shape index (κ2) is 7.99. The van der Waals surface area contributed by atoms with Gasteiger partial charge in [-0.3, -0.25) is 9.69 Å². The topological polar surface area (TPSA) is 23.6 Å². The summed E-state index contributed by atoms with van der Waals surface area (Å²) in [5.74, 6) is 0.966. The second-order valence-corrected chi connectivity index (χ2v) is 5.98. The zero-order valence-corrected chi connectivity index (χ0v) is 13.0. The van der Waals surface area contributed by atoms with Crippen LogP contribution >= 0.6 is 0 Å². The first-order valence-electron chi connectivity index (χ1n) is 7.80. The maximum atomic E-state index is 12.3. The molecule has 3 heteroatoms. The molecule has 0 N–H and O–H groups in total. The van der Waals surface area contributed by atoms with Crippen LogP contribution in [0.5, 0.6) is 0 Å². The molecule has 0 unspecified atom stereocenters. The van der Waals surface area contributed by atoms with Gasteiger partial charge in [0.15, 0.2) is 0 Å². The van der Waals surface area contributed by atoms with Crippen LogP contribution in [-0.2, 0) is 11.2 Å². The summed E-state index contributed by atoms with van der Waals surface area (Å²) in [5.41, 5.74) is 1.31. The molecule has 1 saturated carbocycles. The third-order valence-electron chi connectivity index (χ3n) is 3.96. The molecule has 1 aromatic carbocycles. The number of amides is 1. The quantitative estimate of drug-likeness (QED) is 0.651. The Kier molecular flexibility index (Phi) is 6.00. The van der Waals surface area contributed by atoms with Gasteiger partial charge in [0.2, 0.25) is 5.91 Å². The van der Waals surface area contributed by atoms with Crippen LogP contribution in [0.15, 0.2) is 43.0 Å². The fourth-order valence-electron chi connectivity index (χ4n) is 2.45. The highest BCUT2D eigenvalue weighted by molar-refractivity contribution is 5.78. The second-order valence-electron chi connectivity index (χ2n) is 5.98. The van der Waals surface area contributed by atoms with Crippen molar-refractivity contribution in [3.8, 4) is 0 Å². The average Bonchev–Trinajstić information content (AvgIpc) is 3.30. The Morgan fingerprint density at radius 3 is 2.67 bits per heavy atom. The minimum atomic E-state index is 0.219. The van der Waals surface area contributed by atoms with Crippen molar-refractivity contribution in [2.24, 2.45) is 5.92 Å². The van der Waals surface area contributed by atoms with Gasteiger partial charge >= 0.3 is 0 Å². The summed E-state index contributed by atoms with van der Waals surface area (Å²) >= 11 is 0. The van der Waals surface area contributed by atoms with E-state index in [2.05, 4.69) is 35.7 Å². The van der Waals surface area contributed by atoms with Crippen molar-refractivity contribution in [1.82, 2.24) is 9.80 Å². The van der Waals surface area contributed by atoms with Crippen LogP contribution in [0, 0.1) is 5.92 Å². The van der Waals surface area contributed by atoms with Crippen molar-refractivity contribution < 1.29 is 4.79 Å². The van der Waals surface area contributed by atoms with Crippen molar-refractivity contribution in [3.63, 3.8) is 0 Å². The van der Waals surface area contributed by atoms with Crippen molar-refractivity contribution in [2.45, 2.75) is 19.3 Å². The van der Waals surface area contributed by atoms with E-state index in [9.17, 15) is 4.79 Å². The molecule has 0 heterocycles. The third kappa shape index (κ3) is 5.72. The highest BCUT2D eigenvalue weighted by Gasteiger charge is 2.25. The van der Waals surface area contributed by atoms with Gasteiger partial charge in [0.25, 0.3) is 0 Å². The molecule has 0 saturated heterocycles. The fraction of sp³-hybridized carbons (Fsp3) is 0.500. The molecule has 1 amide bonds. The Bertz CT molecular complexity index is 454. The minimum Gasteiger partial charge on any atom is -0.344 e. The Hall–Kier alpha value is -1.61. The molecule has 0 radical (unpaired) electrons. The van der Waals surface area contributed by atoms with E-state index in [0.29, 0.717) is 6.54 Å². The monoisotopic (exact) mass is 286 g/mol. The number of hydrogen-bond acceptors (Lipinski definition) is 2. The van der Waals surface area contributed by atoms with Gasteiger partial charge in [0.05, 0.1) is 6.54 Å². The van der Waals surface area contributed by atoms with Crippen LogP contribution in [-0.4, -0.2) is 48.9 Å². The number of nitrogens with zero attached hydrogens (tertiary/aromatic N) is 2. The third-order valence-corrected chi connectivity index (χ3v) is 3.96. The molecule has 1 fully saturated rings. The van der Waals surface area contributed by atoms with E-state index >= 15 is 0 Å². The van der Waals surface area contributed by atoms with Crippen molar-refractivity contribution in [1.29, 1.82) is 0 Å². The first kappa shape index (κ1) is 15.8. The van der Waals surface area contributed by atoms with Gasteiger partial charge in [0.1, 0.15) is 0 Å². The molecule has 114 valence electrons. The van der Waals surface area contributed by atoms with E-state index in [4.69, 9.17) is 0 Å². The summed E-state index contributed by atoms with van der Waals surface area (Å²) in [5, 5.41) is 0. The zero-order chi connectivity index (χ0) is 15.1. The summed E-state index contributed by atoms with van der Waals surface area (Å²) < 4.78 is 0. The lowest BCUT2D eigenvalue weighted by Crippen LogP contribution is -2.40. The number of carbonyl (C=O) groups excluding carboxylic acids is 1. The van der Waals surface area contributed by atoms with Gasteiger partial charge in [-0.05, 0) is 30.7 Å². The predicted octanol–water partition coefficient (Wildman–Crippen LogP) is 2.59. The summed E-state index contributed by atoms with van der Waals surface area (Å²) in [6.07, 6.45) is 5.40. The van der Waals surface area contributed by atoms with E-state index in [1.165, 1.54) is 18.4 Å². The average molecular weight is 286 g/mol. The lowest BCUT2D eigenvalue weighted by atomic mass is 10.1. The van der Waals surface area contributed by atoms with Crippen molar-refractivity contribution in [3.05, 3.63) is 48.6 Å². The first-order valence-corrected chi connectivity index (χ1v) is 7.80. The van der Waals surface area contributed by atoms with Gasteiger partial charge in [-0.2, -0.15) is 0 Å². The molecule has 1 aliphatic carbocycles. The molecule has 21 heavy (non-hydrogen) atoms. The van der Waals surface area contributed by atoms with Crippen LogP contribution in [0.25, 0.3) is 0 Å². The number of benzene rings is 1. The number of likely N-dealkylation sites (N-methyl/N-ethyl adjacent to an activating group) is 1. The summed E-state index contributed by atoms with van der Waals surface area (Å²) in [6.45, 7) is 6.85. The maximum absolute atomic E-state index is 12.3. The molecule has 3 nitrogen and oxygen atoms in total. The Morgan fingerprint density at radius 2 is 2.05 bits per heavy atom. The molecule has 2 rings (SSSR count). The lowest BCUT2D eigenvalue weighted by Gasteiger charge is -2.24. The maximum Gasteiger partial charge on any atom is 0.236 e. The number of carbonyl (C=O) groups is 1. The Balaban J connectivity index is 1.79. The summed E-state index contributed by atoms with van der Waals surface area (Å²) in [6, 6.07) is 10.4. The SMILES string of the molecule is C=CCN(CCc1ccccc1)CC(=O)N(C)CC1CC1. The summed E-state index contributed by atoms with van der Waals surface area (Å²) in [4.78, 5) is 16.3. The number of hydrogen-bond donors (Lipinski definition) is 0. The van der Waals surface area contributed by atoms with Crippen molar-refractivity contribution >= 4 is 5.91 Å². The van der Waals surface area contributed by atoms with Gasteiger partial charge in [-0.25, -0.2) is 0 Å². The fourth-order valence-corrected chi connectivity index (χ4v) is 2.45. The Morgan fingerprint density at radius 1 is 1.33 bits per heavy atom. The van der Waals surface area contributed by atoms with Gasteiger partial charge in [-0.1, -0.05) is 36.4 Å². The highest BCUT2D eigenvalue weighted by atomic mass is 16.2. The highest BCUT2D eigenvalue weighted by Crippen LogP contribution is 2.29. The Labute approximate surface area is 128 Å². The molecule has 0 bridgehead atoms. The summed E-state index contributed by atoms with van der Waals surface area (Å²) in [7, 11) is 1.92. The largest absolute Gasteiger partial charge is 0.344 e. The van der Waals surface area contributed by atoms with Crippen LogP contribution in [0.1, 0.15) is 18.4 Å². The lowest BCUT2D eigenvalue weighted by molar-refractivity contribution is -0.131. The zero-order valence-electron chi connectivity index (χ0n) is 13.0. The first-order chi connectivity index (χ1) is 10.2. The van der Waals surface area contributed by atoms with Gasteiger partial charge < -0.3 is 4.90 Å². The van der Waals surface area contributed by atoms with E-state index in [-0.39, 0.29) is 5.91 Å². The molecular weight excluding hydrogens is 260 g/mol. The normalized spacial score (nSPS) is 14.2. The molecule has 1 aromatic rings. The molecule has 0 aliphatic heterocycles. The standard InChI is InChI=1S/C18H26N2O/c1-3-12-20(13-11-16-7-5-4-6-8-16)15-18(21)19(2)14-17-9-10-17/h3-8,17H,1,9-15H2,2H3. The van der Waals surface area contributed by atoms with Gasteiger partial charge in [0, 0.05) is 26.7 Å².